The zero-order chi connectivity index (χ0) is 18.6. The molecule has 1 fully saturated rings. The van der Waals surface area contributed by atoms with Crippen molar-refractivity contribution >= 4 is 33.5 Å². The Morgan fingerprint density at radius 2 is 2.04 bits per heavy atom. The second-order valence-corrected chi connectivity index (χ2v) is 7.82. The molecule has 10 heteroatoms. The lowest BCUT2D eigenvalue weighted by atomic mass is 10.2. The highest BCUT2D eigenvalue weighted by Gasteiger charge is 2.30. The van der Waals surface area contributed by atoms with Crippen LogP contribution >= 0.6 is 11.6 Å². The normalized spacial score (nSPS) is 19.4. The van der Waals surface area contributed by atoms with Crippen molar-refractivity contribution in [3.8, 4) is 0 Å². The van der Waals surface area contributed by atoms with Gasteiger partial charge in [-0.25, -0.2) is 8.42 Å². The number of halogens is 1. The number of aliphatic carboxylic acids is 1. The van der Waals surface area contributed by atoms with E-state index in [0.717, 1.165) is 0 Å². The summed E-state index contributed by atoms with van der Waals surface area (Å²) in [7, 11) is -3.87. The maximum Gasteiger partial charge on any atom is 0.306 e. The van der Waals surface area contributed by atoms with Crippen molar-refractivity contribution in [3.05, 3.63) is 29.3 Å². The zero-order valence-electron chi connectivity index (χ0n) is 13.5. The van der Waals surface area contributed by atoms with E-state index in [2.05, 4.69) is 4.72 Å². The number of nitrogens with one attached hydrogen (secondary N) is 1. The fourth-order valence-corrected chi connectivity index (χ4v) is 3.80. The maximum absolute atomic E-state index is 12.5. The van der Waals surface area contributed by atoms with Gasteiger partial charge in [0.25, 0.3) is 0 Å². The summed E-state index contributed by atoms with van der Waals surface area (Å²) in [6.45, 7) is 2.04. The first-order valence-electron chi connectivity index (χ1n) is 7.59. The van der Waals surface area contributed by atoms with E-state index in [0.29, 0.717) is 5.02 Å². The molecule has 138 valence electrons. The van der Waals surface area contributed by atoms with Crippen molar-refractivity contribution < 1.29 is 27.9 Å². The molecule has 1 aliphatic heterocycles. The van der Waals surface area contributed by atoms with Gasteiger partial charge in [-0.1, -0.05) is 11.6 Å². The fraction of sp³-hybridized carbons (Fsp3) is 0.467. The first kappa shape index (κ1) is 19.6. The topological polar surface area (TPSA) is 113 Å². The predicted octanol–water partition coefficient (Wildman–Crippen LogP) is 0.709. The van der Waals surface area contributed by atoms with E-state index in [4.69, 9.17) is 21.4 Å². The molecule has 1 aromatic rings. The standard InChI is InChI=1S/C15H19ClN2O6S/c1-10(17-25(22,23)13-4-2-11(16)3-5-13)15(21)18-6-7-24-12(9-18)8-14(19)20/h2-5,10,12,17H,6-9H2,1H3,(H,19,20). The molecule has 2 rings (SSSR count). The van der Waals surface area contributed by atoms with Crippen molar-refractivity contribution in [3.63, 3.8) is 0 Å². The molecule has 0 spiro atoms. The Hall–Kier alpha value is -1.68. The lowest BCUT2D eigenvalue weighted by Gasteiger charge is -2.34. The Labute approximate surface area is 150 Å². The molecular weight excluding hydrogens is 372 g/mol. The fourth-order valence-electron chi connectivity index (χ4n) is 2.48. The van der Waals surface area contributed by atoms with Crippen molar-refractivity contribution in [1.29, 1.82) is 0 Å². The third-order valence-electron chi connectivity index (χ3n) is 3.68. The van der Waals surface area contributed by atoms with Crippen LogP contribution in [0.5, 0.6) is 0 Å². The monoisotopic (exact) mass is 390 g/mol. The molecule has 2 atom stereocenters. The molecule has 0 aromatic heterocycles. The maximum atomic E-state index is 12.5. The average Bonchev–Trinajstić information content (AvgIpc) is 2.53. The van der Waals surface area contributed by atoms with Gasteiger partial charge in [-0.05, 0) is 31.2 Å². The van der Waals surface area contributed by atoms with Crippen LogP contribution in [0.1, 0.15) is 13.3 Å². The van der Waals surface area contributed by atoms with Crippen molar-refractivity contribution in [2.24, 2.45) is 0 Å². The number of carbonyl (C=O) groups is 2. The number of ether oxygens (including phenoxy) is 1. The van der Waals surface area contributed by atoms with Gasteiger partial charge in [0.15, 0.2) is 0 Å². The number of hydrogen-bond donors (Lipinski definition) is 2. The van der Waals surface area contributed by atoms with Gasteiger partial charge >= 0.3 is 5.97 Å². The molecular formula is C15H19ClN2O6S. The van der Waals surface area contributed by atoms with E-state index in [-0.39, 0.29) is 31.0 Å². The molecule has 0 saturated carbocycles. The summed E-state index contributed by atoms with van der Waals surface area (Å²) in [6.07, 6.45) is -0.815. The van der Waals surface area contributed by atoms with Gasteiger partial charge in [-0.3, -0.25) is 9.59 Å². The van der Waals surface area contributed by atoms with Crippen LogP contribution in [-0.4, -0.2) is 62.1 Å². The number of carbonyl (C=O) groups excluding carboxylic acids is 1. The highest BCUT2D eigenvalue weighted by atomic mass is 35.5. The molecule has 0 bridgehead atoms. The summed E-state index contributed by atoms with van der Waals surface area (Å²) in [5, 5.41) is 9.22. The predicted molar refractivity (Wildman–Crippen MR) is 89.8 cm³/mol. The molecule has 1 aromatic carbocycles. The number of carboxylic acids is 1. The molecule has 1 heterocycles. The van der Waals surface area contributed by atoms with Gasteiger partial charge < -0.3 is 14.7 Å². The Bertz CT molecular complexity index is 737. The van der Waals surface area contributed by atoms with Crippen LogP contribution in [-0.2, 0) is 24.3 Å². The first-order valence-corrected chi connectivity index (χ1v) is 9.45. The lowest BCUT2D eigenvalue weighted by molar-refractivity contribution is -0.148. The van der Waals surface area contributed by atoms with E-state index in [1.54, 1.807) is 0 Å². The molecule has 1 aliphatic rings. The van der Waals surface area contributed by atoms with Crippen molar-refractivity contribution in [2.45, 2.75) is 30.4 Å². The first-order chi connectivity index (χ1) is 11.7. The number of benzene rings is 1. The highest BCUT2D eigenvalue weighted by molar-refractivity contribution is 7.89. The van der Waals surface area contributed by atoms with E-state index in [9.17, 15) is 18.0 Å². The summed E-state index contributed by atoms with van der Waals surface area (Å²) >= 11 is 5.74. The summed E-state index contributed by atoms with van der Waals surface area (Å²) in [6, 6.07) is 4.59. The minimum Gasteiger partial charge on any atom is -0.481 e. The van der Waals surface area contributed by atoms with E-state index >= 15 is 0 Å². The number of morpholine rings is 1. The molecule has 2 unspecified atom stereocenters. The van der Waals surface area contributed by atoms with Crippen molar-refractivity contribution in [1.82, 2.24) is 9.62 Å². The van der Waals surface area contributed by atoms with E-state index < -0.39 is 34.0 Å². The molecule has 0 aliphatic carbocycles. The zero-order valence-corrected chi connectivity index (χ0v) is 15.1. The highest BCUT2D eigenvalue weighted by Crippen LogP contribution is 2.15. The van der Waals surface area contributed by atoms with Crippen LogP contribution in [0.3, 0.4) is 0 Å². The average molecular weight is 391 g/mol. The number of nitrogens with zero attached hydrogens (tertiary/aromatic N) is 1. The minimum absolute atomic E-state index is 0.00211. The Morgan fingerprint density at radius 3 is 2.64 bits per heavy atom. The van der Waals surface area contributed by atoms with E-state index in [1.807, 2.05) is 0 Å². The summed E-state index contributed by atoms with van der Waals surface area (Å²) in [5.74, 6) is -1.45. The number of carboxylic acid groups (broad SMARTS) is 1. The Morgan fingerprint density at radius 1 is 1.40 bits per heavy atom. The van der Waals surface area contributed by atoms with E-state index in [1.165, 1.54) is 36.1 Å². The Kier molecular flexibility index (Phi) is 6.39. The number of rotatable bonds is 6. The molecule has 2 N–H and O–H groups in total. The Balaban J connectivity index is 2.01. The van der Waals surface area contributed by atoms with Crippen LogP contribution in [0.25, 0.3) is 0 Å². The van der Waals surface area contributed by atoms with Crippen LogP contribution < -0.4 is 4.72 Å². The number of hydrogen-bond acceptors (Lipinski definition) is 5. The smallest absolute Gasteiger partial charge is 0.306 e. The summed E-state index contributed by atoms with van der Waals surface area (Å²) < 4.78 is 32.3. The van der Waals surface area contributed by atoms with Gasteiger partial charge in [-0.15, -0.1) is 0 Å². The van der Waals surface area contributed by atoms with Gasteiger partial charge in [0.05, 0.1) is 30.1 Å². The van der Waals surface area contributed by atoms with Gasteiger partial charge in [-0.2, -0.15) is 4.72 Å². The van der Waals surface area contributed by atoms with Crippen LogP contribution in [0.15, 0.2) is 29.2 Å². The third-order valence-corrected chi connectivity index (χ3v) is 5.49. The molecule has 1 amide bonds. The second-order valence-electron chi connectivity index (χ2n) is 5.67. The summed E-state index contributed by atoms with van der Waals surface area (Å²) in [4.78, 5) is 24.6. The number of amides is 1. The summed E-state index contributed by atoms with van der Waals surface area (Å²) in [5.41, 5.74) is 0. The van der Waals surface area contributed by atoms with Gasteiger partial charge in [0.1, 0.15) is 0 Å². The largest absolute Gasteiger partial charge is 0.481 e. The molecule has 1 saturated heterocycles. The lowest BCUT2D eigenvalue weighted by Crippen LogP contribution is -2.52. The third kappa shape index (κ3) is 5.40. The SMILES string of the molecule is CC(NS(=O)(=O)c1ccc(Cl)cc1)C(=O)N1CCOC(CC(=O)O)C1. The minimum atomic E-state index is -3.87. The van der Waals surface area contributed by atoms with Gasteiger partial charge in [0.2, 0.25) is 15.9 Å². The molecule has 0 radical (unpaired) electrons. The van der Waals surface area contributed by atoms with Crippen LogP contribution in [0.2, 0.25) is 5.02 Å². The quantitative estimate of drug-likeness (QED) is 0.739. The molecule has 25 heavy (non-hydrogen) atoms. The van der Waals surface area contributed by atoms with Crippen LogP contribution in [0.4, 0.5) is 0 Å². The van der Waals surface area contributed by atoms with Gasteiger partial charge in [0, 0.05) is 18.1 Å². The number of sulfonamides is 1. The molecule has 8 nitrogen and oxygen atoms in total. The van der Waals surface area contributed by atoms with Crippen molar-refractivity contribution in [2.75, 3.05) is 19.7 Å². The second kappa shape index (κ2) is 8.13. The van der Waals surface area contributed by atoms with Crippen LogP contribution in [0, 0.1) is 0 Å².